The van der Waals surface area contributed by atoms with Gasteiger partial charge in [-0.25, -0.2) is 8.42 Å². The Morgan fingerprint density at radius 3 is 2.24 bits per heavy atom. The molecule has 0 fully saturated rings. The first-order valence-corrected chi connectivity index (χ1v) is 10.7. The Bertz CT molecular complexity index is 791. The zero-order valence-electron chi connectivity index (χ0n) is 14.2. The lowest BCUT2D eigenvalue weighted by Crippen LogP contribution is -2.22. The van der Waals surface area contributed by atoms with Gasteiger partial charge >= 0.3 is 0 Å². The van der Waals surface area contributed by atoms with Crippen molar-refractivity contribution in [1.29, 1.82) is 0 Å². The van der Waals surface area contributed by atoms with Gasteiger partial charge in [0, 0.05) is 17.1 Å². The van der Waals surface area contributed by atoms with Crippen molar-refractivity contribution in [3.05, 3.63) is 60.2 Å². The largest absolute Gasteiger partial charge is 0.325 e. The molecule has 2 N–H and O–H groups in total. The highest BCUT2D eigenvalue weighted by molar-refractivity contribution is 7.99. The Morgan fingerprint density at radius 1 is 1.04 bits per heavy atom. The SMILES string of the molecule is CCS(=O)(=O)Nc1ccc(NC(=O)C(C)SCc2ccccc2)cc1. The van der Waals surface area contributed by atoms with Crippen LogP contribution in [0.1, 0.15) is 19.4 Å². The molecule has 0 radical (unpaired) electrons. The van der Waals surface area contributed by atoms with E-state index in [1.54, 1.807) is 43.0 Å². The topological polar surface area (TPSA) is 75.3 Å². The number of hydrogen-bond donors (Lipinski definition) is 2. The Kier molecular flexibility index (Phi) is 6.90. The lowest BCUT2D eigenvalue weighted by Gasteiger charge is -2.13. The molecule has 0 aromatic heterocycles. The van der Waals surface area contributed by atoms with E-state index in [9.17, 15) is 13.2 Å². The van der Waals surface area contributed by atoms with E-state index in [0.29, 0.717) is 11.4 Å². The third-order valence-electron chi connectivity index (χ3n) is 3.52. The predicted molar refractivity (Wildman–Crippen MR) is 105 cm³/mol. The number of rotatable bonds is 8. The number of carbonyl (C=O) groups is 1. The number of thioether (sulfide) groups is 1. The average Bonchev–Trinajstić information content (AvgIpc) is 2.62. The summed E-state index contributed by atoms with van der Waals surface area (Å²) < 4.78 is 25.5. The molecule has 5 nitrogen and oxygen atoms in total. The third kappa shape index (κ3) is 6.43. The smallest absolute Gasteiger partial charge is 0.237 e. The molecular weight excluding hydrogens is 356 g/mol. The number of carbonyl (C=O) groups excluding carboxylic acids is 1. The maximum absolute atomic E-state index is 12.3. The van der Waals surface area contributed by atoms with Crippen LogP contribution in [-0.2, 0) is 20.6 Å². The Hall–Kier alpha value is -1.99. The van der Waals surface area contributed by atoms with E-state index < -0.39 is 10.0 Å². The van der Waals surface area contributed by atoms with Crippen molar-refractivity contribution in [2.45, 2.75) is 24.9 Å². The van der Waals surface area contributed by atoms with Crippen LogP contribution < -0.4 is 10.0 Å². The zero-order valence-corrected chi connectivity index (χ0v) is 15.9. The summed E-state index contributed by atoms with van der Waals surface area (Å²) in [6.07, 6.45) is 0. The van der Waals surface area contributed by atoms with Gasteiger partial charge in [0.05, 0.1) is 11.0 Å². The molecule has 2 aromatic carbocycles. The van der Waals surface area contributed by atoms with Crippen LogP contribution in [0.3, 0.4) is 0 Å². The van der Waals surface area contributed by atoms with Crippen LogP contribution in [-0.4, -0.2) is 25.3 Å². The second kappa shape index (κ2) is 8.92. The summed E-state index contributed by atoms with van der Waals surface area (Å²) in [5.41, 5.74) is 2.29. The van der Waals surface area contributed by atoms with Crippen molar-refractivity contribution in [2.75, 3.05) is 15.8 Å². The summed E-state index contributed by atoms with van der Waals surface area (Å²) >= 11 is 1.57. The van der Waals surface area contributed by atoms with Crippen molar-refractivity contribution in [1.82, 2.24) is 0 Å². The van der Waals surface area contributed by atoms with E-state index in [0.717, 1.165) is 5.75 Å². The molecule has 1 amide bonds. The van der Waals surface area contributed by atoms with Gasteiger partial charge in [-0.05, 0) is 43.7 Å². The van der Waals surface area contributed by atoms with Crippen LogP contribution in [0.2, 0.25) is 0 Å². The number of hydrogen-bond acceptors (Lipinski definition) is 4. The quantitative estimate of drug-likeness (QED) is 0.734. The molecule has 2 rings (SSSR count). The summed E-state index contributed by atoms with van der Waals surface area (Å²) in [6.45, 7) is 3.44. The van der Waals surface area contributed by atoms with Gasteiger partial charge in [0.1, 0.15) is 0 Å². The maximum Gasteiger partial charge on any atom is 0.237 e. The highest BCUT2D eigenvalue weighted by atomic mass is 32.2. The van der Waals surface area contributed by atoms with Gasteiger partial charge in [0.25, 0.3) is 0 Å². The van der Waals surface area contributed by atoms with E-state index in [4.69, 9.17) is 0 Å². The van der Waals surface area contributed by atoms with Crippen LogP contribution in [0.4, 0.5) is 11.4 Å². The monoisotopic (exact) mass is 378 g/mol. The van der Waals surface area contributed by atoms with E-state index in [2.05, 4.69) is 10.0 Å². The molecular formula is C18H22N2O3S2. The van der Waals surface area contributed by atoms with Crippen molar-refractivity contribution in [3.8, 4) is 0 Å². The van der Waals surface area contributed by atoms with Gasteiger partial charge in [-0.15, -0.1) is 11.8 Å². The first-order chi connectivity index (χ1) is 11.9. The van der Waals surface area contributed by atoms with Crippen molar-refractivity contribution >= 4 is 39.1 Å². The third-order valence-corrected chi connectivity index (χ3v) is 6.04. The summed E-state index contributed by atoms with van der Waals surface area (Å²) in [7, 11) is -3.30. The summed E-state index contributed by atoms with van der Waals surface area (Å²) in [5.74, 6) is 0.706. The minimum atomic E-state index is -3.30. The van der Waals surface area contributed by atoms with Gasteiger partial charge in [0.15, 0.2) is 0 Å². The van der Waals surface area contributed by atoms with Crippen LogP contribution in [0.5, 0.6) is 0 Å². The van der Waals surface area contributed by atoms with Gasteiger partial charge < -0.3 is 5.32 Å². The summed E-state index contributed by atoms with van der Waals surface area (Å²) in [4.78, 5) is 12.3. The molecule has 1 unspecified atom stereocenters. The van der Waals surface area contributed by atoms with Gasteiger partial charge in [-0.1, -0.05) is 30.3 Å². The minimum Gasteiger partial charge on any atom is -0.325 e. The Morgan fingerprint density at radius 2 is 1.64 bits per heavy atom. The molecule has 0 aliphatic rings. The number of amides is 1. The normalized spacial score (nSPS) is 12.4. The second-order valence-electron chi connectivity index (χ2n) is 5.51. The molecule has 7 heteroatoms. The Labute approximate surface area is 153 Å². The minimum absolute atomic E-state index is 0.0155. The first-order valence-electron chi connectivity index (χ1n) is 7.96. The lowest BCUT2D eigenvalue weighted by molar-refractivity contribution is -0.115. The number of sulfonamides is 1. The molecule has 0 saturated carbocycles. The van der Waals surface area contributed by atoms with Crippen LogP contribution in [0.25, 0.3) is 0 Å². The first kappa shape index (κ1) is 19.3. The number of nitrogens with one attached hydrogen (secondary N) is 2. The summed E-state index contributed by atoms with van der Waals surface area (Å²) in [6, 6.07) is 16.6. The van der Waals surface area contributed by atoms with E-state index in [1.807, 2.05) is 37.3 Å². The fourth-order valence-corrected chi connectivity index (χ4v) is 3.47. The predicted octanol–water partition coefficient (Wildman–Crippen LogP) is 3.71. The molecule has 2 aromatic rings. The highest BCUT2D eigenvalue weighted by Crippen LogP contribution is 2.20. The molecule has 134 valence electrons. The molecule has 0 aliphatic carbocycles. The molecule has 0 bridgehead atoms. The fraction of sp³-hybridized carbons (Fsp3) is 0.278. The fourth-order valence-electron chi connectivity index (χ4n) is 1.99. The van der Waals surface area contributed by atoms with Crippen LogP contribution in [0, 0.1) is 0 Å². The average molecular weight is 379 g/mol. The van der Waals surface area contributed by atoms with Crippen LogP contribution in [0.15, 0.2) is 54.6 Å². The van der Waals surface area contributed by atoms with Gasteiger partial charge in [-0.2, -0.15) is 0 Å². The molecule has 0 heterocycles. The molecule has 0 saturated heterocycles. The van der Waals surface area contributed by atoms with E-state index in [1.165, 1.54) is 5.56 Å². The van der Waals surface area contributed by atoms with Gasteiger partial charge in [0.2, 0.25) is 15.9 Å². The molecule has 25 heavy (non-hydrogen) atoms. The van der Waals surface area contributed by atoms with Crippen molar-refractivity contribution in [2.24, 2.45) is 0 Å². The molecule has 1 atom stereocenters. The maximum atomic E-state index is 12.3. The molecule has 0 spiro atoms. The number of benzene rings is 2. The highest BCUT2D eigenvalue weighted by Gasteiger charge is 2.14. The van der Waals surface area contributed by atoms with Crippen molar-refractivity contribution < 1.29 is 13.2 Å². The Balaban J connectivity index is 1.87. The standard InChI is InChI=1S/C18H22N2O3S2/c1-3-25(22,23)20-17-11-9-16(10-12-17)19-18(21)14(2)24-13-15-7-5-4-6-8-15/h4-12,14,20H,3,13H2,1-2H3,(H,19,21). The summed E-state index contributed by atoms with van der Waals surface area (Å²) in [5, 5.41) is 2.65. The van der Waals surface area contributed by atoms with Crippen LogP contribution >= 0.6 is 11.8 Å². The lowest BCUT2D eigenvalue weighted by atomic mass is 10.2. The van der Waals surface area contributed by atoms with E-state index >= 15 is 0 Å². The van der Waals surface area contributed by atoms with E-state index in [-0.39, 0.29) is 16.9 Å². The second-order valence-corrected chi connectivity index (χ2v) is 8.85. The number of anilines is 2. The molecule has 0 aliphatic heterocycles. The zero-order chi connectivity index (χ0) is 18.3. The van der Waals surface area contributed by atoms with Crippen molar-refractivity contribution in [3.63, 3.8) is 0 Å². The van der Waals surface area contributed by atoms with Gasteiger partial charge in [-0.3, -0.25) is 9.52 Å².